The second-order valence-corrected chi connectivity index (χ2v) is 3.59. The summed E-state index contributed by atoms with van der Waals surface area (Å²) in [6.45, 7) is 0. The fraction of sp³-hybridized carbons (Fsp3) is 0. The number of hydrogen-bond acceptors (Lipinski definition) is 1. The van der Waals surface area contributed by atoms with Gasteiger partial charge in [0.15, 0.2) is 0 Å². The first-order chi connectivity index (χ1) is 7.45. The van der Waals surface area contributed by atoms with Crippen LogP contribution in [0.1, 0.15) is 11.1 Å². The van der Waals surface area contributed by atoms with Gasteiger partial charge in [-0.05, 0) is 23.8 Å². The molecule has 0 unspecified atom stereocenters. The van der Waals surface area contributed by atoms with Gasteiger partial charge in [0.1, 0.15) is 0 Å². The van der Waals surface area contributed by atoms with Crippen LogP contribution in [0.25, 0.3) is 11.8 Å². The third-order valence-corrected chi connectivity index (χ3v) is 2.65. The van der Waals surface area contributed by atoms with E-state index in [0.29, 0.717) is 0 Å². The quantitative estimate of drug-likeness (QED) is 0.610. The van der Waals surface area contributed by atoms with Crippen LogP contribution in [-0.2, 0) is 0 Å². The van der Waals surface area contributed by atoms with Crippen molar-refractivity contribution in [3.63, 3.8) is 0 Å². The molecule has 0 atom stereocenters. The van der Waals surface area contributed by atoms with E-state index < -0.39 is 0 Å². The Balaban J connectivity index is 2.21. The summed E-state index contributed by atoms with van der Waals surface area (Å²) in [5, 5.41) is 0. The summed E-state index contributed by atoms with van der Waals surface area (Å²) in [6, 6.07) is 8.45. The lowest BCUT2D eigenvalue weighted by Crippen LogP contribution is -2.11. The first-order valence-electron chi connectivity index (χ1n) is 5.06. The van der Waals surface area contributed by atoms with Gasteiger partial charge in [-0.2, -0.15) is 0 Å². The molecule has 0 amide bonds. The molecule has 1 heteroatoms. The summed E-state index contributed by atoms with van der Waals surface area (Å²) in [4.78, 5) is 2.14. The highest BCUT2D eigenvalue weighted by atomic mass is 15.1. The van der Waals surface area contributed by atoms with E-state index in [4.69, 9.17) is 0 Å². The molecule has 0 aromatic heterocycles. The fourth-order valence-corrected chi connectivity index (χ4v) is 1.91. The van der Waals surface area contributed by atoms with Gasteiger partial charge in [-0.25, -0.2) is 0 Å². The Hall–Kier alpha value is -2.02. The molecule has 0 fully saturated rings. The zero-order chi connectivity index (χ0) is 10.1. The van der Waals surface area contributed by atoms with E-state index in [1.807, 2.05) is 12.2 Å². The molecule has 2 heterocycles. The third-order valence-electron chi connectivity index (χ3n) is 2.65. The lowest BCUT2D eigenvalue weighted by molar-refractivity contribution is 0.723. The lowest BCUT2D eigenvalue weighted by Gasteiger charge is -2.24. The van der Waals surface area contributed by atoms with Crippen molar-refractivity contribution >= 4 is 11.8 Å². The molecule has 1 aromatic carbocycles. The van der Waals surface area contributed by atoms with Gasteiger partial charge < -0.3 is 4.90 Å². The van der Waals surface area contributed by atoms with Crippen molar-refractivity contribution in [2.24, 2.45) is 0 Å². The highest BCUT2D eigenvalue weighted by molar-refractivity contribution is 5.79. The summed E-state index contributed by atoms with van der Waals surface area (Å²) >= 11 is 0. The first-order valence-corrected chi connectivity index (χ1v) is 5.06. The predicted octanol–water partition coefficient (Wildman–Crippen LogP) is 3.40. The maximum absolute atomic E-state index is 2.16. The van der Waals surface area contributed by atoms with Gasteiger partial charge in [-0.1, -0.05) is 36.4 Å². The van der Waals surface area contributed by atoms with E-state index in [0.717, 1.165) is 0 Å². The number of nitrogens with zero attached hydrogens (tertiary/aromatic N) is 1. The van der Waals surface area contributed by atoms with Gasteiger partial charge in [0.2, 0.25) is 0 Å². The van der Waals surface area contributed by atoms with Crippen LogP contribution in [0.2, 0.25) is 0 Å². The van der Waals surface area contributed by atoms with E-state index in [1.165, 1.54) is 16.8 Å². The van der Waals surface area contributed by atoms with Crippen molar-refractivity contribution in [2.45, 2.75) is 0 Å². The molecule has 0 spiro atoms. The topological polar surface area (TPSA) is 3.24 Å². The average Bonchev–Trinajstić information content (AvgIpc) is 2.54. The van der Waals surface area contributed by atoms with Crippen LogP contribution in [-0.4, -0.2) is 4.90 Å². The van der Waals surface area contributed by atoms with Crippen LogP contribution < -0.4 is 0 Å². The van der Waals surface area contributed by atoms with Crippen molar-refractivity contribution in [1.82, 2.24) is 4.90 Å². The summed E-state index contributed by atoms with van der Waals surface area (Å²) in [5.74, 6) is 0. The maximum Gasteiger partial charge on any atom is 0.0527 e. The van der Waals surface area contributed by atoms with Gasteiger partial charge >= 0.3 is 0 Å². The molecule has 0 N–H and O–H groups in total. The molecule has 2 aliphatic rings. The third kappa shape index (κ3) is 1.33. The van der Waals surface area contributed by atoms with Gasteiger partial charge in [0, 0.05) is 18.0 Å². The van der Waals surface area contributed by atoms with Crippen molar-refractivity contribution in [3.05, 3.63) is 72.1 Å². The molecule has 72 valence electrons. The molecule has 0 saturated carbocycles. The standard InChI is InChI=1S/C14H11N/c1-2-8-14-13-7-4-3-6-12(13)9-11-15(14)10-5-1/h1-11H. The first kappa shape index (κ1) is 8.30. The monoisotopic (exact) mass is 193 g/mol. The van der Waals surface area contributed by atoms with E-state index in [9.17, 15) is 0 Å². The Labute approximate surface area is 89.3 Å². The second kappa shape index (κ2) is 3.28. The second-order valence-electron chi connectivity index (χ2n) is 3.59. The number of fused-ring (bicyclic) bond motifs is 3. The minimum atomic E-state index is 1.23. The molecule has 2 aliphatic heterocycles. The van der Waals surface area contributed by atoms with Gasteiger partial charge in [0.25, 0.3) is 0 Å². The Morgan fingerprint density at radius 2 is 1.80 bits per heavy atom. The largest absolute Gasteiger partial charge is 0.323 e. The fourth-order valence-electron chi connectivity index (χ4n) is 1.91. The van der Waals surface area contributed by atoms with E-state index in [-0.39, 0.29) is 0 Å². The molecular formula is C14H11N. The Morgan fingerprint density at radius 3 is 2.80 bits per heavy atom. The highest BCUT2D eigenvalue weighted by Crippen LogP contribution is 2.30. The Morgan fingerprint density at radius 1 is 0.867 bits per heavy atom. The number of hydrogen-bond donors (Lipinski definition) is 0. The predicted molar refractivity (Wildman–Crippen MR) is 63.6 cm³/mol. The van der Waals surface area contributed by atoms with Crippen molar-refractivity contribution in [2.75, 3.05) is 0 Å². The lowest BCUT2D eigenvalue weighted by atomic mass is 10.0. The van der Waals surface area contributed by atoms with E-state index in [2.05, 4.69) is 59.8 Å². The molecule has 0 saturated heterocycles. The number of rotatable bonds is 0. The van der Waals surface area contributed by atoms with Crippen molar-refractivity contribution in [3.8, 4) is 0 Å². The minimum absolute atomic E-state index is 1.23. The molecule has 3 rings (SSSR count). The molecule has 0 aliphatic carbocycles. The number of benzene rings is 1. The van der Waals surface area contributed by atoms with Crippen LogP contribution >= 0.6 is 0 Å². The smallest absolute Gasteiger partial charge is 0.0527 e. The maximum atomic E-state index is 2.16. The van der Waals surface area contributed by atoms with Crippen LogP contribution in [0, 0.1) is 0 Å². The molecule has 0 bridgehead atoms. The van der Waals surface area contributed by atoms with Crippen molar-refractivity contribution in [1.29, 1.82) is 0 Å². The Bertz CT molecular complexity index is 504. The number of allylic oxidation sites excluding steroid dienone is 4. The van der Waals surface area contributed by atoms with Crippen LogP contribution in [0.4, 0.5) is 0 Å². The molecule has 0 radical (unpaired) electrons. The van der Waals surface area contributed by atoms with Gasteiger partial charge in [-0.3, -0.25) is 0 Å². The highest BCUT2D eigenvalue weighted by Gasteiger charge is 2.14. The summed E-state index contributed by atoms with van der Waals surface area (Å²) in [7, 11) is 0. The minimum Gasteiger partial charge on any atom is -0.323 e. The van der Waals surface area contributed by atoms with Gasteiger partial charge in [-0.15, -0.1) is 0 Å². The van der Waals surface area contributed by atoms with Crippen LogP contribution in [0.5, 0.6) is 0 Å². The molecule has 1 nitrogen and oxygen atoms in total. The normalized spacial score (nSPS) is 16.8. The summed E-state index contributed by atoms with van der Waals surface area (Å²) in [5.41, 5.74) is 3.80. The molecule has 1 aromatic rings. The van der Waals surface area contributed by atoms with E-state index >= 15 is 0 Å². The zero-order valence-electron chi connectivity index (χ0n) is 8.30. The zero-order valence-corrected chi connectivity index (χ0v) is 8.30. The molecular weight excluding hydrogens is 182 g/mol. The molecule has 15 heavy (non-hydrogen) atoms. The van der Waals surface area contributed by atoms with Crippen LogP contribution in [0.3, 0.4) is 0 Å². The summed E-state index contributed by atoms with van der Waals surface area (Å²) in [6.07, 6.45) is 14.6. The SMILES string of the molecule is C1=CC=C2c3ccccc3C=CN2C=C1. The van der Waals surface area contributed by atoms with E-state index in [1.54, 1.807) is 0 Å². The van der Waals surface area contributed by atoms with Crippen LogP contribution in [0.15, 0.2) is 61.0 Å². The van der Waals surface area contributed by atoms with Crippen molar-refractivity contribution < 1.29 is 0 Å². The average molecular weight is 193 g/mol. The summed E-state index contributed by atoms with van der Waals surface area (Å²) < 4.78 is 0. The van der Waals surface area contributed by atoms with Gasteiger partial charge in [0.05, 0.1) is 5.70 Å². The Kier molecular flexibility index (Phi) is 1.82.